The van der Waals surface area contributed by atoms with Gasteiger partial charge >= 0.3 is 0 Å². The van der Waals surface area contributed by atoms with Crippen LogP contribution in [0.3, 0.4) is 0 Å². The summed E-state index contributed by atoms with van der Waals surface area (Å²) in [6.07, 6.45) is 6.37. The van der Waals surface area contributed by atoms with Gasteiger partial charge < -0.3 is 9.88 Å². The lowest BCUT2D eigenvalue weighted by molar-refractivity contribution is 0.0736. The Labute approximate surface area is 153 Å². The number of ketones is 1. The van der Waals surface area contributed by atoms with Crippen molar-refractivity contribution in [3.05, 3.63) is 64.7 Å². The fraction of sp³-hybridized carbons (Fsp3) is 0.222. The maximum atomic E-state index is 13.1. The molecule has 1 N–H and O–H groups in total. The standard InChI is InChI=1S/C18H14ClN5O2/c19-10-3-1-4-11-13(10)18(26)23-8-2-5-12(23)15-14(22-9-24(11)15)16(25)17-20-6-7-21-17/h1,3-4,6-7,9,12H,2,5,8H2,(H,20,21)/t12-/m0/s1. The van der Waals surface area contributed by atoms with Crippen molar-refractivity contribution in [2.24, 2.45) is 0 Å². The van der Waals surface area contributed by atoms with Gasteiger partial charge in [0.15, 0.2) is 5.82 Å². The number of amides is 1. The van der Waals surface area contributed by atoms with Gasteiger partial charge in [0.1, 0.15) is 12.0 Å². The first-order valence-corrected chi connectivity index (χ1v) is 8.76. The van der Waals surface area contributed by atoms with E-state index in [1.807, 2.05) is 10.6 Å². The summed E-state index contributed by atoms with van der Waals surface area (Å²) in [6, 6.07) is 5.12. The monoisotopic (exact) mass is 367 g/mol. The molecule has 0 bridgehead atoms. The Kier molecular flexibility index (Phi) is 3.27. The molecule has 2 aromatic heterocycles. The molecule has 1 atom stereocenters. The number of rotatable bonds is 2. The number of halogens is 1. The molecular weight excluding hydrogens is 354 g/mol. The first kappa shape index (κ1) is 15.3. The van der Waals surface area contributed by atoms with Crippen LogP contribution in [0.1, 0.15) is 51.2 Å². The van der Waals surface area contributed by atoms with E-state index in [1.165, 1.54) is 6.20 Å². The Morgan fingerprint density at radius 2 is 2.19 bits per heavy atom. The Hall–Kier alpha value is -2.93. The second-order valence-electron chi connectivity index (χ2n) is 6.41. The third-order valence-corrected chi connectivity index (χ3v) is 5.34. The van der Waals surface area contributed by atoms with Crippen molar-refractivity contribution in [2.45, 2.75) is 18.9 Å². The normalized spacial score (nSPS) is 18.3. The van der Waals surface area contributed by atoms with Crippen LogP contribution < -0.4 is 0 Å². The topological polar surface area (TPSA) is 83.9 Å². The van der Waals surface area contributed by atoms with Gasteiger partial charge in [-0.2, -0.15) is 0 Å². The van der Waals surface area contributed by atoms with E-state index < -0.39 is 0 Å². The van der Waals surface area contributed by atoms with E-state index in [0.29, 0.717) is 28.5 Å². The van der Waals surface area contributed by atoms with E-state index in [4.69, 9.17) is 11.6 Å². The maximum Gasteiger partial charge on any atom is 0.258 e. The molecule has 26 heavy (non-hydrogen) atoms. The minimum absolute atomic E-state index is 0.104. The maximum absolute atomic E-state index is 13.1. The average molecular weight is 368 g/mol. The highest BCUT2D eigenvalue weighted by Crippen LogP contribution is 2.41. The van der Waals surface area contributed by atoms with E-state index in [-0.39, 0.29) is 23.6 Å². The van der Waals surface area contributed by atoms with Crippen molar-refractivity contribution in [2.75, 3.05) is 6.54 Å². The minimum Gasteiger partial charge on any atom is -0.342 e. The van der Waals surface area contributed by atoms with E-state index >= 15 is 0 Å². The molecule has 130 valence electrons. The number of H-pyrrole nitrogens is 1. The number of carbonyl (C=O) groups is 2. The average Bonchev–Trinajstić information content (AvgIpc) is 3.38. The summed E-state index contributed by atoms with van der Waals surface area (Å²) in [4.78, 5) is 39.1. The Bertz CT molecular complexity index is 1040. The molecule has 1 saturated heterocycles. The minimum atomic E-state index is -0.284. The summed E-state index contributed by atoms with van der Waals surface area (Å²) in [6.45, 7) is 0.633. The molecule has 3 aromatic rings. The highest BCUT2D eigenvalue weighted by molar-refractivity contribution is 6.34. The van der Waals surface area contributed by atoms with Crippen LogP contribution in [-0.2, 0) is 0 Å². The van der Waals surface area contributed by atoms with Crippen molar-refractivity contribution >= 4 is 23.3 Å². The lowest BCUT2D eigenvalue weighted by Crippen LogP contribution is -2.30. The van der Waals surface area contributed by atoms with Crippen LogP contribution in [0.4, 0.5) is 0 Å². The molecular formula is C18H14ClN5O2. The predicted molar refractivity (Wildman–Crippen MR) is 93.6 cm³/mol. The van der Waals surface area contributed by atoms with Crippen LogP contribution in [0.5, 0.6) is 0 Å². The van der Waals surface area contributed by atoms with Crippen LogP contribution in [0.2, 0.25) is 5.02 Å². The summed E-state index contributed by atoms with van der Waals surface area (Å²) in [7, 11) is 0. The number of carbonyl (C=O) groups excluding carboxylic acids is 2. The van der Waals surface area contributed by atoms with Crippen molar-refractivity contribution in [3.63, 3.8) is 0 Å². The van der Waals surface area contributed by atoms with Gasteiger partial charge in [0.2, 0.25) is 5.78 Å². The molecule has 0 aliphatic carbocycles. The van der Waals surface area contributed by atoms with Gasteiger partial charge in [0.25, 0.3) is 5.91 Å². The number of nitrogens with zero attached hydrogens (tertiary/aromatic N) is 4. The molecule has 2 aliphatic rings. The summed E-state index contributed by atoms with van der Waals surface area (Å²) in [5.41, 5.74) is 2.14. The lowest BCUT2D eigenvalue weighted by atomic mass is 10.1. The van der Waals surface area contributed by atoms with Crippen LogP contribution >= 0.6 is 11.6 Å². The molecule has 0 radical (unpaired) electrons. The lowest BCUT2D eigenvalue weighted by Gasteiger charge is -2.23. The Morgan fingerprint density at radius 1 is 1.31 bits per heavy atom. The number of aromatic amines is 1. The van der Waals surface area contributed by atoms with Crippen molar-refractivity contribution < 1.29 is 9.59 Å². The Balaban J connectivity index is 1.78. The largest absolute Gasteiger partial charge is 0.342 e. The molecule has 1 aromatic carbocycles. The van der Waals surface area contributed by atoms with E-state index in [9.17, 15) is 9.59 Å². The molecule has 1 amide bonds. The summed E-state index contributed by atoms with van der Waals surface area (Å²) < 4.78 is 1.82. The second-order valence-corrected chi connectivity index (χ2v) is 6.81. The summed E-state index contributed by atoms with van der Waals surface area (Å²) in [5, 5.41) is 0.401. The van der Waals surface area contributed by atoms with Gasteiger partial charge in [-0.3, -0.25) is 14.2 Å². The van der Waals surface area contributed by atoms with E-state index in [0.717, 1.165) is 18.5 Å². The Morgan fingerprint density at radius 3 is 3.00 bits per heavy atom. The fourth-order valence-electron chi connectivity index (χ4n) is 3.91. The van der Waals surface area contributed by atoms with Crippen molar-refractivity contribution in [3.8, 4) is 5.69 Å². The zero-order valence-corrected chi connectivity index (χ0v) is 14.4. The number of hydrogen-bond donors (Lipinski definition) is 1. The third kappa shape index (κ3) is 2.00. The first-order valence-electron chi connectivity index (χ1n) is 8.38. The number of aromatic nitrogens is 4. The van der Waals surface area contributed by atoms with Gasteiger partial charge in [0, 0.05) is 18.9 Å². The predicted octanol–water partition coefficient (Wildman–Crippen LogP) is 2.77. The molecule has 1 fully saturated rings. The molecule has 0 spiro atoms. The number of fused-ring (bicyclic) bond motifs is 5. The number of nitrogens with one attached hydrogen (secondary N) is 1. The molecule has 0 saturated carbocycles. The summed E-state index contributed by atoms with van der Waals surface area (Å²) >= 11 is 6.35. The van der Waals surface area contributed by atoms with Gasteiger partial charge in [-0.1, -0.05) is 17.7 Å². The number of imidazole rings is 2. The molecule has 7 nitrogen and oxygen atoms in total. The van der Waals surface area contributed by atoms with Crippen LogP contribution in [0.15, 0.2) is 36.9 Å². The molecule has 4 heterocycles. The second kappa shape index (κ2) is 5.54. The highest BCUT2D eigenvalue weighted by atomic mass is 35.5. The van der Waals surface area contributed by atoms with Crippen LogP contribution in [0, 0.1) is 0 Å². The van der Waals surface area contributed by atoms with E-state index in [2.05, 4.69) is 15.0 Å². The quantitative estimate of drug-likeness (QED) is 0.706. The van der Waals surface area contributed by atoms with Crippen LogP contribution in [-0.4, -0.2) is 42.7 Å². The van der Waals surface area contributed by atoms with Gasteiger partial charge in [-0.25, -0.2) is 9.97 Å². The summed E-state index contributed by atoms with van der Waals surface area (Å²) in [5.74, 6) is -0.153. The first-order chi connectivity index (χ1) is 12.7. The zero-order chi connectivity index (χ0) is 17.8. The van der Waals surface area contributed by atoms with Gasteiger partial charge in [-0.15, -0.1) is 0 Å². The highest BCUT2D eigenvalue weighted by Gasteiger charge is 2.41. The molecule has 2 aliphatic heterocycles. The van der Waals surface area contributed by atoms with Gasteiger partial charge in [0.05, 0.1) is 28.0 Å². The van der Waals surface area contributed by atoms with Crippen LogP contribution in [0.25, 0.3) is 5.69 Å². The van der Waals surface area contributed by atoms with Crippen molar-refractivity contribution in [1.82, 2.24) is 24.4 Å². The smallest absolute Gasteiger partial charge is 0.258 e. The molecule has 5 rings (SSSR count). The fourth-order valence-corrected chi connectivity index (χ4v) is 4.16. The van der Waals surface area contributed by atoms with E-state index in [1.54, 1.807) is 29.6 Å². The van der Waals surface area contributed by atoms with Crippen molar-refractivity contribution in [1.29, 1.82) is 0 Å². The number of hydrogen-bond acceptors (Lipinski definition) is 4. The third-order valence-electron chi connectivity index (χ3n) is 5.03. The zero-order valence-electron chi connectivity index (χ0n) is 13.6. The van der Waals surface area contributed by atoms with Gasteiger partial charge in [-0.05, 0) is 25.0 Å². The number of benzene rings is 1. The SMILES string of the molecule is O=C(c1ncc[nH]1)c1ncn2c1[C@@H]1CCCN1C(=O)c1c(Cl)cccc1-2. The molecule has 8 heteroatoms. The molecule has 0 unspecified atom stereocenters.